The molecule has 4 heteroatoms. The molecule has 1 atom stereocenters. The van der Waals surface area contributed by atoms with Gasteiger partial charge in [-0.05, 0) is 44.9 Å². The summed E-state index contributed by atoms with van der Waals surface area (Å²) < 4.78 is 5.71. The summed E-state index contributed by atoms with van der Waals surface area (Å²) in [7, 11) is 0. The lowest BCUT2D eigenvalue weighted by Gasteiger charge is -2.21. The van der Waals surface area contributed by atoms with Gasteiger partial charge in [-0.15, -0.1) is 12.4 Å². The fourth-order valence-corrected chi connectivity index (χ4v) is 1.44. The minimum Gasteiger partial charge on any atom is -0.488 e. The third-order valence-corrected chi connectivity index (χ3v) is 2.17. The van der Waals surface area contributed by atoms with Gasteiger partial charge in [0.15, 0.2) is 0 Å². The summed E-state index contributed by atoms with van der Waals surface area (Å²) in [6.07, 6.45) is 0.583. The molecule has 1 aromatic carbocycles. The first-order valence-corrected chi connectivity index (χ1v) is 5.58. The van der Waals surface area contributed by atoms with Gasteiger partial charge in [0, 0.05) is 12.6 Å². The average Bonchev–Trinajstić information content (AvgIpc) is 2.16. The lowest BCUT2D eigenvalue weighted by atomic mass is 10.1. The third kappa shape index (κ3) is 5.91. The van der Waals surface area contributed by atoms with Gasteiger partial charge in [-0.2, -0.15) is 0 Å². The molecule has 0 aliphatic carbocycles. The Morgan fingerprint density at radius 3 is 2.18 bits per heavy atom. The van der Waals surface area contributed by atoms with Crippen LogP contribution in [0.3, 0.4) is 0 Å². The number of hydrogen-bond donors (Lipinski definition) is 2. The Morgan fingerprint density at radius 1 is 1.24 bits per heavy atom. The minimum absolute atomic E-state index is 0. The standard InChI is InChI=1S/C13H21NO2.ClH/c1-13(2,3)16-11-6-4-10(5-7-11)12(14)8-9-15;/h4-7,12,15H,8-9,14H2,1-3H3;1H/t12-;/m1./s1. The molecule has 98 valence electrons. The zero-order valence-electron chi connectivity index (χ0n) is 10.6. The molecule has 0 aromatic heterocycles. The molecule has 1 rings (SSSR count). The highest BCUT2D eigenvalue weighted by Crippen LogP contribution is 2.21. The van der Waals surface area contributed by atoms with Gasteiger partial charge < -0.3 is 15.6 Å². The monoisotopic (exact) mass is 259 g/mol. The predicted molar refractivity (Wildman–Crippen MR) is 72.7 cm³/mol. The Bertz CT molecular complexity index is 319. The van der Waals surface area contributed by atoms with E-state index >= 15 is 0 Å². The van der Waals surface area contributed by atoms with E-state index in [0.717, 1.165) is 11.3 Å². The maximum Gasteiger partial charge on any atom is 0.120 e. The van der Waals surface area contributed by atoms with Crippen molar-refractivity contribution in [3.8, 4) is 5.75 Å². The molecule has 0 spiro atoms. The number of aliphatic hydroxyl groups excluding tert-OH is 1. The van der Waals surface area contributed by atoms with Crippen molar-refractivity contribution in [2.45, 2.75) is 38.8 Å². The number of halogens is 1. The Labute approximate surface area is 109 Å². The summed E-state index contributed by atoms with van der Waals surface area (Å²) in [6, 6.07) is 7.62. The van der Waals surface area contributed by atoms with Crippen LogP contribution in [0.15, 0.2) is 24.3 Å². The second kappa shape index (κ2) is 6.84. The fourth-order valence-electron chi connectivity index (χ4n) is 1.44. The highest BCUT2D eigenvalue weighted by molar-refractivity contribution is 5.85. The van der Waals surface area contributed by atoms with Crippen LogP contribution in [-0.2, 0) is 0 Å². The van der Waals surface area contributed by atoms with Gasteiger partial charge in [0.2, 0.25) is 0 Å². The first kappa shape index (κ1) is 16.2. The summed E-state index contributed by atoms with van der Waals surface area (Å²) in [5.41, 5.74) is 6.72. The molecule has 3 N–H and O–H groups in total. The van der Waals surface area contributed by atoms with Crippen molar-refractivity contribution in [3.63, 3.8) is 0 Å². The Morgan fingerprint density at radius 2 is 1.76 bits per heavy atom. The quantitative estimate of drug-likeness (QED) is 0.874. The highest BCUT2D eigenvalue weighted by Gasteiger charge is 2.12. The van der Waals surface area contributed by atoms with Gasteiger partial charge in [0.1, 0.15) is 11.4 Å². The number of ether oxygens (including phenoxy) is 1. The molecule has 0 aliphatic rings. The van der Waals surface area contributed by atoms with Crippen LogP contribution in [0.1, 0.15) is 38.8 Å². The zero-order valence-corrected chi connectivity index (χ0v) is 11.5. The van der Waals surface area contributed by atoms with Gasteiger partial charge in [-0.3, -0.25) is 0 Å². The van der Waals surface area contributed by atoms with E-state index in [9.17, 15) is 0 Å². The number of nitrogens with two attached hydrogens (primary N) is 1. The van der Waals surface area contributed by atoms with Crippen LogP contribution in [0, 0.1) is 0 Å². The largest absolute Gasteiger partial charge is 0.488 e. The molecule has 3 nitrogen and oxygen atoms in total. The molecule has 0 radical (unpaired) electrons. The van der Waals surface area contributed by atoms with Crippen molar-refractivity contribution in [2.75, 3.05) is 6.61 Å². The molecule has 0 aliphatic heterocycles. The van der Waals surface area contributed by atoms with E-state index in [2.05, 4.69) is 0 Å². The highest BCUT2D eigenvalue weighted by atomic mass is 35.5. The van der Waals surface area contributed by atoms with E-state index in [0.29, 0.717) is 6.42 Å². The molecule has 1 aromatic rings. The van der Waals surface area contributed by atoms with Crippen LogP contribution >= 0.6 is 12.4 Å². The first-order chi connectivity index (χ1) is 7.42. The van der Waals surface area contributed by atoms with E-state index in [-0.39, 0.29) is 30.7 Å². The summed E-state index contributed by atoms with van der Waals surface area (Å²) in [5.74, 6) is 0.840. The molecule has 0 bridgehead atoms. The maximum absolute atomic E-state index is 8.80. The molecule has 0 heterocycles. The molecule has 0 fully saturated rings. The molecule has 0 unspecified atom stereocenters. The van der Waals surface area contributed by atoms with E-state index in [1.165, 1.54) is 0 Å². The molecule has 0 amide bonds. The first-order valence-electron chi connectivity index (χ1n) is 5.58. The Kier molecular flexibility index (Phi) is 6.53. The number of benzene rings is 1. The molecule has 17 heavy (non-hydrogen) atoms. The third-order valence-electron chi connectivity index (χ3n) is 2.17. The smallest absolute Gasteiger partial charge is 0.120 e. The van der Waals surface area contributed by atoms with Crippen molar-refractivity contribution in [3.05, 3.63) is 29.8 Å². The van der Waals surface area contributed by atoms with Gasteiger partial charge in [0.25, 0.3) is 0 Å². The maximum atomic E-state index is 8.80. The van der Waals surface area contributed by atoms with Crippen LogP contribution in [0.2, 0.25) is 0 Å². The molecule has 0 saturated carbocycles. The lowest BCUT2D eigenvalue weighted by Crippen LogP contribution is -2.23. The molecular formula is C13H22ClNO2. The van der Waals surface area contributed by atoms with Crippen LogP contribution in [0.4, 0.5) is 0 Å². The normalized spacial score (nSPS) is 12.8. The fraction of sp³-hybridized carbons (Fsp3) is 0.538. The van der Waals surface area contributed by atoms with E-state index in [1.54, 1.807) is 0 Å². The van der Waals surface area contributed by atoms with E-state index < -0.39 is 0 Å². The zero-order chi connectivity index (χ0) is 12.2. The minimum atomic E-state index is -0.186. The number of rotatable bonds is 4. The van der Waals surface area contributed by atoms with Crippen molar-refractivity contribution in [1.29, 1.82) is 0 Å². The van der Waals surface area contributed by atoms with Crippen LogP contribution in [0.25, 0.3) is 0 Å². The summed E-state index contributed by atoms with van der Waals surface area (Å²) >= 11 is 0. The summed E-state index contributed by atoms with van der Waals surface area (Å²) in [5, 5.41) is 8.80. The second-order valence-corrected chi connectivity index (χ2v) is 4.90. The topological polar surface area (TPSA) is 55.5 Å². The number of aliphatic hydroxyl groups is 1. The van der Waals surface area contributed by atoms with Gasteiger partial charge >= 0.3 is 0 Å². The molecular weight excluding hydrogens is 238 g/mol. The van der Waals surface area contributed by atoms with Crippen molar-refractivity contribution in [2.24, 2.45) is 5.73 Å². The van der Waals surface area contributed by atoms with Crippen LogP contribution in [0.5, 0.6) is 5.75 Å². The van der Waals surface area contributed by atoms with Gasteiger partial charge in [0.05, 0.1) is 0 Å². The van der Waals surface area contributed by atoms with Crippen LogP contribution < -0.4 is 10.5 Å². The average molecular weight is 260 g/mol. The summed E-state index contributed by atoms with van der Waals surface area (Å²) in [4.78, 5) is 0. The van der Waals surface area contributed by atoms with E-state index in [1.807, 2.05) is 45.0 Å². The molecule has 0 saturated heterocycles. The summed E-state index contributed by atoms with van der Waals surface area (Å²) in [6.45, 7) is 6.15. The SMILES string of the molecule is CC(C)(C)Oc1ccc([C@H](N)CCO)cc1.Cl. The Hall–Kier alpha value is -0.770. The second-order valence-electron chi connectivity index (χ2n) is 4.90. The predicted octanol–water partition coefficient (Wildman–Crippen LogP) is 2.67. The van der Waals surface area contributed by atoms with Crippen LogP contribution in [-0.4, -0.2) is 17.3 Å². The van der Waals surface area contributed by atoms with Gasteiger partial charge in [-0.25, -0.2) is 0 Å². The van der Waals surface area contributed by atoms with Crippen molar-refractivity contribution in [1.82, 2.24) is 0 Å². The Balaban J connectivity index is 0.00000256. The van der Waals surface area contributed by atoms with Crippen molar-refractivity contribution < 1.29 is 9.84 Å². The van der Waals surface area contributed by atoms with E-state index in [4.69, 9.17) is 15.6 Å². The number of hydrogen-bond acceptors (Lipinski definition) is 3. The van der Waals surface area contributed by atoms with Crippen molar-refractivity contribution >= 4 is 12.4 Å². The lowest BCUT2D eigenvalue weighted by molar-refractivity contribution is 0.131. The van der Waals surface area contributed by atoms with Gasteiger partial charge in [-0.1, -0.05) is 12.1 Å².